The number of nitrogens with zero attached hydrogens (tertiary/aromatic N) is 4. The Morgan fingerprint density at radius 1 is 0.919 bits per heavy atom. The molecule has 3 aromatic heterocycles. The highest BCUT2D eigenvalue weighted by Crippen LogP contribution is 2.28. The van der Waals surface area contributed by atoms with Crippen LogP contribution in [-0.2, 0) is 17.8 Å². The van der Waals surface area contributed by atoms with E-state index in [2.05, 4.69) is 20.3 Å². The van der Waals surface area contributed by atoms with Crippen LogP contribution in [0.3, 0.4) is 0 Å². The van der Waals surface area contributed by atoms with Crippen LogP contribution in [0.25, 0.3) is 22.4 Å². The summed E-state index contributed by atoms with van der Waals surface area (Å²) < 4.78 is 0. The molecule has 3 heterocycles. The molecule has 188 valence electrons. The number of pyridine rings is 3. The fourth-order valence-corrected chi connectivity index (χ4v) is 3.81. The lowest BCUT2D eigenvalue weighted by Crippen LogP contribution is -2.23. The summed E-state index contributed by atoms with van der Waals surface area (Å²) in [6.07, 6.45) is 5.89. The molecule has 5 N–H and O–H groups in total. The molecule has 0 fully saturated rings. The first-order chi connectivity index (χ1) is 17.8. The van der Waals surface area contributed by atoms with E-state index in [1.807, 2.05) is 42.5 Å². The van der Waals surface area contributed by atoms with Gasteiger partial charge in [-0.05, 0) is 60.0 Å². The predicted molar refractivity (Wildman–Crippen MR) is 144 cm³/mol. The Kier molecular flexibility index (Phi) is 7.73. The maximum atomic E-state index is 12.3. The van der Waals surface area contributed by atoms with Gasteiger partial charge in [0.2, 0.25) is 5.91 Å². The van der Waals surface area contributed by atoms with Crippen LogP contribution in [0, 0.1) is 0 Å². The van der Waals surface area contributed by atoms with Gasteiger partial charge in [-0.15, -0.1) is 0 Å². The molecule has 0 aliphatic rings. The van der Waals surface area contributed by atoms with Gasteiger partial charge >= 0.3 is 0 Å². The van der Waals surface area contributed by atoms with E-state index in [0.717, 1.165) is 22.4 Å². The molecule has 37 heavy (non-hydrogen) atoms. The average Bonchev–Trinajstić information content (AvgIpc) is 2.91. The molecule has 0 radical (unpaired) electrons. The van der Waals surface area contributed by atoms with Crippen molar-refractivity contribution >= 4 is 23.3 Å². The van der Waals surface area contributed by atoms with Crippen molar-refractivity contribution in [3.8, 4) is 22.4 Å². The largest absolute Gasteiger partial charge is 0.399 e. The molecule has 0 aliphatic heterocycles. The number of hydrogen-bond acceptors (Lipinski definition) is 7. The molecular weight excluding hydrogens is 466 g/mol. The van der Waals surface area contributed by atoms with Crippen LogP contribution in [0.1, 0.15) is 28.0 Å². The van der Waals surface area contributed by atoms with Gasteiger partial charge in [0, 0.05) is 55.9 Å². The molecule has 0 unspecified atom stereocenters. The Labute approximate surface area is 215 Å². The molecule has 0 atom stereocenters. The number of hydrogen-bond donors (Lipinski definition) is 3. The molecule has 9 heteroatoms. The van der Waals surface area contributed by atoms with E-state index in [0.29, 0.717) is 47.7 Å². The lowest BCUT2D eigenvalue weighted by Gasteiger charge is -2.11. The van der Waals surface area contributed by atoms with E-state index in [-0.39, 0.29) is 11.8 Å². The molecule has 0 bridgehead atoms. The minimum Gasteiger partial charge on any atom is -0.399 e. The van der Waals surface area contributed by atoms with Gasteiger partial charge in [0.25, 0.3) is 5.91 Å². The quantitative estimate of drug-likeness (QED) is 0.319. The lowest BCUT2D eigenvalue weighted by molar-refractivity contribution is -0.121. The number of nitrogen functional groups attached to an aromatic ring is 2. The average molecular weight is 496 g/mol. The van der Waals surface area contributed by atoms with Crippen molar-refractivity contribution in [2.75, 3.05) is 25.6 Å². The maximum absolute atomic E-state index is 12.3. The Morgan fingerprint density at radius 2 is 1.76 bits per heavy atom. The van der Waals surface area contributed by atoms with Crippen LogP contribution in [0.5, 0.6) is 0 Å². The van der Waals surface area contributed by atoms with Gasteiger partial charge in [-0.1, -0.05) is 12.1 Å². The summed E-state index contributed by atoms with van der Waals surface area (Å²) in [4.78, 5) is 39.1. The summed E-state index contributed by atoms with van der Waals surface area (Å²) in [5, 5.41) is 2.92. The Balaban J connectivity index is 1.44. The van der Waals surface area contributed by atoms with Crippen LogP contribution >= 0.6 is 0 Å². The molecule has 4 aromatic rings. The van der Waals surface area contributed by atoms with Gasteiger partial charge in [-0.2, -0.15) is 0 Å². The first-order valence-corrected chi connectivity index (χ1v) is 11.8. The number of rotatable bonds is 8. The van der Waals surface area contributed by atoms with E-state index < -0.39 is 0 Å². The van der Waals surface area contributed by atoms with Crippen molar-refractivity contribution in [2.45, 2.75) is 19.4 Å². The molecule has 0 spiro atoms. The monoisotopic (exact) mass is 495 g/mol. The molecule has 0 aliphatic carbocycles. The highest BCUT2D eigenvalue weighted by Gasteiger charge is 2.12. The minimum atomic E-state index is -0.125. The number of carbonyl (C=O) groups is 2. The second-order valence-electron chi connectivity index (χ2n) is 8.85. The third-order valence-corrected chi connectivity index (χ3v) is 5.82. The van der Waals surface area contributed by atoms with Gasteiger partial charge in [-0.25, -0.2) is 4.98 Å². The van der Waals surface area contributed by atoms with Crippen molar-refractivity contribution in [3.63, 3.8) is 0 Å². The zero-order valence-electron chi connectivity index (χ0n) is 20.8. The lowest BCUT2D eigenvalue weighted by atomic mass is 10.0. The molecule has 9 nitrogen and oxygen atoms in total. The molecule has 0 saturated carbocycles. The summed E-state index contributed by atoms with van der Waals surface area (Å²) in [5.41, 5.74) is 17.9. The smallest absolute Gasteiger partial charge is 0.254 e. The first-order valence-electron chi connectivity index (χ1n) is 11.8. The Morgan fingerprint density at radius 3 is 2.49 bits per heavy atom. The number of amides is 2. The van der Waals surface area contributed by atoms with Crippen molar-refractivity contribution in [1.29, 1.82) is 0 Å². The van der Waals surface area contributed by atoms with Crippen LogP contribution in [0.2, 0.25) is 0 Å². The topological polar surface area (TPSA) is 140 Å². The molecule has 0 saturated heterocycles. The van der Waals surface area contributed by atoms with E-state index in [9.17, 15) is 9.59 Å². The summed E-state index contributed by atoms with van der Waals surface area (Å²) in [5.74, 6) is 0.151. The summed E-state index contributed by atoms with van der Waals surface area (Å²) >= 11 is 0. The number of aryl methyl sites for hydroxylation is 1. The second kappa shape index (κ2) is 11.3. The fourth-order valence-electron chi connectivity index (χ4n) is 3.81. The van der Waals surface area contributed by atoms with Crippen molar-refractivity contribution in [1.82, 2.24) is 25.2 Å². The van der Waals surface area contributed by atoms with E-state index in [1.165, 1.54) is 11.1 Å². The summed E-state index contributed by atoms with van der Waals surface area (Å²) in [6, 6.07) is 16.7. The predicted octanol–water partition coefficient (Wildman–Crippen LogP) is 3.32. The fraction of sp³-hybridized carbons (Fsp3) is 0.179. The molecular formula is C28H29N7O2. The first kappa shape index (κ1) is 25.3. The van der Waals surface area contributed by atoms with E-state index >= 15 is 0 Å². The van der Waals surface area contributed by atoms with Crippen molar-refractivity contribution in [2.24, 2.45) is 0 Å². The summed E-state index contributed by atoms with van der Waals surface area (Å²) in [6.45, 7) is 0.307. The SMILES string of the molecule is CN(C)C(=O)c1ccc(-c2cc(-c3ccnc(CNC(=O)CCc4cccc(N)c4)c3)cnc2N)nc1. The number of anilines is 2. The van der Waals surface area contributed by atoms with E-state index in [4.69, 9.17) is 11.5 Å². The number of carbonyl (C=O) groups excluding carboxylic acids is 2. The van der Waals surface area contributed by atoms with Gasteiger partial charge < -0.3 is 21.7 Å². The van der Waals surface area contributed by atoms with Gasteiger partial charge in [-0.3, -0.25) is 19.6 Å². The van der Waals surface area contributed by atoms with E-state index in [1.54, 1.807) is 38.6 Å². The zero-order valence-corrected chi connectivity index (χ0v) is 20.8. The maximum Gasteiger partial charge on any atom is 0.254 e. The van der Waals surface area contributed by atoms with Crippen LogP contribution in [0.15, 0.2) is 73.2 Å². The highest BCUT2D eigenvalue weighted by molar-refractivity contribution is 5.94. The number of aromatic nitrogens is 3. The van der Waals surface area contributed by atoms with Crippen molar-refractivity contribution in [3.05, 3.63) is 90.0 Å². The standard InChI is InChI=1S/C28H29N7O2/c1-35(2)28(37)20-7-8-25(32-15-20)24-14-21(16-34-27(24)30)19-10-11-31-23(13-19)17-33-26(36)9-6-18-4-3-5-22(29)12-18/h3-5,7-8,10-16H,6,9,17,29H2,1-2H3,(H2,30,34)(H,33,36). The number of benzene rings is 1. The van der Waals surface area contributed by atoms with Crippen LogP contribution < -0.4 is 16.8 Å². The zero-order chi connectivity index (χ0) is 26.4. The minimum absolute atomic E-state index is 0.0617. The molecule has 1 aromatic carbocycles. The summed E-state index contributed by atoms with van der Waals surface area (Å²) in [7, 11) is 3.38. The Bertz CT molecular complexity index is 1420. The number of nitrogens with one attached hydrogen (secondary N) is 1. The highest BCUT2D eigenvalue weighted by atomic mass is 16.2. The normalized spacial score (nSPS) is 10.6. The molecule has 4 rings (SSSR count). The Hall–Kier alpha value is -4.79. The van der Waals surface area contributed by atoms with Crippen LogP contribution in [0.4, 0.5) is 11.5 Å². The second-order valence-corrected chi connectivity index (χ2v) is 8.85. The third kappa shape index (κ3) is 6.46. The molecule has 2 amide bonds. The van der Waals surface area contributed by atoms with Gasteiger partial charge in [0.1, 0.15) is 5.82 Å². The van der Waals surface area contributed by atoms with Crippen LogP contribution in [-0.4, -0.2) is 45.8 Å². The van der Waals surface area contributed by atoms with Crippen molar-refractivity contribution < 1.29 is 9.59 Å². The van der Waals surface area contributed by atoms with Gasteiger partial charge in [0.15, 0.2) is 0 Å². The number of nitrogens with two attached hydrogens (primary N) is 2. The van der Waals surface area contributed by atoms with Gasteiger partial charge in [0.05, 0.1) is 23.5 Å². The third-order valence-electron chi connectivity index (χ3n) is 5.82.